The van der Waals surface area contributed by atoms with Gasteiger partial charge < -0.3 is 10.1 Å². The molecule has 2 rings (SSSR count). The zero-order valence-electron chi connectivity index (χ0n) is 11.7. The van der Waals surface area contributed by atoms with E-state index >= 15 is 0 Å². The Balaban J connectivity index is 2.13. The van der Waals surface area contributed by atoms with Gasteiger partial charge in [-0.05, 0) is 31.2 Å². The molecule has 20 heavy (non-hydrogen) atoms. The Hall–Kier alpha value is -2.49. The van der Waals surface area contributed by atoms with Gasteiger partial charge in [-0.15, -0.1) is 0 Å². The summed E-state index contributed by atoms with van der Waals surface area (Å²) in [6.45, 7) is 2.54. The number of hydrogen-bond acceptors (Lipinski definition) is 2. The van der Waals surface area contributed by atoms with Crippen LogP contribution in [-0.2, 0) is 0 Å². The minimum atomic E-state index is -0.160. The molecule has 1 N–H and O–H groups in total. The van der Waals surface area contributed by atoms with Gasteiger partial charge in [-0.1, -0.05) is 24.3 Å². The number of ether oxygens (including phenoxy) is 1. The second kappa shape index (κ2) is 6.61. The fourth-order valence-electron chi connectivity index (χ4n) is 1.94. The molecule has 104 valence electrons. The van der Waals surface area contributed by atoms with Crippen molar-refractivity contribution in [3.8, 4) is 5.75 Å². The fourth-order valence-corrected chi connectivity index (χ4v) is 1.94. The first kappa shape index (κ1) is 13.9. The number of para-hydroxylation sites is 1. The number of urea groups is 1. The van der Waals surface area contributed by atoms with Gasteiger partial charge >= 0.3 is 6.03 Å². The highest BCUT2D eigenvalue weighted by atomic mass is 16.5. The zero-order chi connectivity index (χ0) is 14.4. The Morgan fingerprint density at radius 3 is 2.55 bits per heavy atom. The summed E-state index contributed by atoms with van der Waals surface area (Å²) >= 11 is 0. The number of benzene rings is 2. The average Bonchev–Trinajstić information content (AvgIpc) is 2.49. The van der Waals surface area contributed by atoms with Crippen molar-refractivity contribution in [1.29, 1.82) is 0 Å². The molecule has 2 aromatic rings. The molecule has 0 atom stereocenters. The smallest absolute Gasteiger partial charge is 0.326 e. The lowest BCUT2D eigenvalue weighted by Gasteiger charge is -2.21. The van der Waals surface area contributed by atoms with E-state index in [1.807, 2.05) is 55.5 Å². The van der Waals surface area contributed by atoms with Crippen LogP contribution in [0.5, 0.6) is 5.75 Å². The van der Waals surface area contributed by atoms with Crippen molar-refractivity contribution in [3.05, 3.63) is 54.6 Å². The maximum atomic E-state index is 12.3. The van der Waals surface area contributed by atoms with Crippen LogP contribution in [0.25, 0.3) is 0 Å². The quantitative estimate of drug-likeness (QED) is 0.919. The summed E-state index contributed by atoms with van der Waals surface area (Å²) in [5, 5.41) is 2.87. The van der Waals surface area contributed by atoms with E-state index in [-0.39, 0.29) is 6.03 Å². The minimum Gasteiger partial charge on any atom is -0.497 e. The summed E-state index contributed by atoms with van der Waals surface area (Å²) in [6, 6.07) is 16.7. The number of anilines is 2. The van der Waals surface area contributed by atoms with Crippen LogP contribution < -0.4 is 15.0 Å². The molecule has 0 unspecified atom stereocenters. The Morgan fingerprint density at radius 2 is 1.90 bits per heavy atom. The van der Waals surface area contributed by atoms with E-state index in [4.69, 9.17) is 4.74 Å². The molecule has 0 saturated heterocycles. The highest BCUT2D eigenvalue weighted by Crippen LogP contribution is 2.19. The van der Waals surface area contributed by atoms with Crippen molar-refractivity contribution >= 4 is 17.4 Å². The van der Waals surface area contributed by atoms with E-state index in [2.05, 4.69) is 5.32 Å². The lowest BCUT2D eigenvalue weighted by Crippen LogP contribution is -2.34. The summed E-state index contributed by atoms with van der Waals surface area (Å²) in [6.07, 6.45) is 0. The maximum absolute atomic E-state index is 12.3. The molecule has 0 radical (unpaired) electrons. The zero-order valence-corrected chi connectivity index (χ0v) is 11.7. The van der Waals surface area contributed by atoms with Crippen molar-refractivity contribution in [2.24, 2.45) is 0 Å². The Kier molecular flexibility index (Phi) is 4.60. The van der Waals surface area contributed by atoms with Gasteiger partial charge in [0.15, 0.2) is 0 Å². The lowest BCUT2D eigenvalue weighted by atomic mass is 10.3. The topological polar surface area (TPSA) is 41.6 Å². The van der Waals surface area contributed by atoms with E-state index < -0.39 is 0 Å². The largest absolute Gasteiger partial charge is 0.497 e. The number of amides is 2. The first-order valence-corrected chi connectivity index (χ1v) is 6.52. The van der Waals surface area contributed by atoms with E-state index in [9.17, 15) is 4.79 Å². The molecule has 4 nitrogen and oxygen atoms in total. The predicted octanol–water partition coefficient (Wildman–Crippen LogP) is 3.75. The number of rotatable bonds is 4. The van der Waals surface area contributed by atoms with E-state index in [0.29, 0.717) is 18.0 Å². The molecule has 0 saturated carbocycles. The van der Waals surface area contributed by atoms with E-state index in [0.717, 1.165) is 5.69 Å². The second-order valence-electron chi connectivity index (χ2n) is 4.24. The highest BCUT2D eigenvalue weighted by Gasteiger charge is 2.13. The Bertz CT molecular complexity index is 570. The number of carbonyl (C=O) groups is 1. The molecule has 0 aliphatic carbocycles. The van der Waals surface area contributed by atoms with Crippen LogP contribution in [0.3, 0.4) is 0 Å². The molecule has 0 bridgehead atoms. The highest BCUT2D eigenvalue weighted by molar-refractivity contribution is 6.01. The molecule has 0 spiro atoms. The summed E-state index contributed by atoms with van der Waals surface area (Å²) < 4.78 is 5.14. The standard InChI is InChI=1S/C16H18N2O2/c1-3-18(14-9-5-4-6-10-14)16(19)17-13-8-7-11-15(12-13)20-2/h4-12H,3H2,1-2H3,(H,17,19). The third-order valence-corrected chi connectivity index (χ3v) is 2.95. The number of nitrogens with one attached hydrogen (secondary N) is 1. The molecule has 0 heterocycles. The third-order valence-electron chi connectivity index (χ3n) is 2.95. The summed E-state index contributed by atoms with van der Waals surface area (Å²) in [7, 11) is 1.60. The monoisotopic (exact) mass is 270 g/mol. The first-order chi connectivity index (χ1) is 9.74. The lowest BCUT2D eigenvalue weighted by molar-refractivity contribution is 0.257. The molecule has 0 aliphatic heterocycles. The van der Waals surface area contributed by atoms with Crippen LogP contribution in [0.15, 0.2) is 54.6 Å². The summed E-state index contributed by atoms with van der Waals surface area (Å²) in [5.41, 5.74) is 1.58. The van der Waals surface area contributed by atoms with E-state index in [1.54, 1.807) is 18.1 Å². The number of hydrogen-bond donors (Lipinski definition) is 1. The first-order valence-electron chi connectivity index (χ1n) is 6.52. The van der Waals surface area contributed by atoms with Gasteiger partial charge in [0.2, 0.25) is 0 Å². The van der Waals surface area contributed by atoms with Crippen molar-refractivity contribution in [2.75, 3.05) is 23.9 Å². The normalized spacial score (nSPS) is 9.90. The van der Waals surface area contributed by atoms with Gasteiger partial charge in [-0.3, -0.25) is 4.90 Å². The molecule has 2 aromatic carbocycles. The van der Waals surface area contributed by atoms with Gasteiger partial charge in [0, 0.05) is 24.0 Å². The Labute approximate surface area is 119 Å². The van der Waals surface area contributed by atoms with Crippen LogP contribution >= 0.6 is 0 Å². The maximum Gasteiger partial charge on any atom is 0.326 e. The number of carbonyl (C=O) groups excluding carboxylic acids is 1. The van der Waals surface area contributed by atoms with Gasteiger partial charge in [-0.25, -0.2) is 4.79 Å². The SMILES string of the molecule is CCN(C(=O)Nc1cccc(OC)c1)c1ccccc1. The molecule has 0 aromatic heterocycles. The van der Waals surface area contributed by atoms with Crippen LogP contribution in [0.2, 0.25) is 0 Å². The van der Waals surface area contributed by atoms with Crippen molar-refractivity contribution < 1.29 is 9.53 Å². The van der Waals surface area contributed by atoms with E-state index in [1.165, 1.54) is 0 Å². The molecule has 4 heteroatoms. The second-order valence-corrected chi connectivity index (χ2v) is 4.24. The van der Waals surface area contributed by atoms with Crippen molar-refractivity contribution in [2.45, 2.75) is 6.92 Å². The predicted molar refractivity (Wildman–Crippen MR) is 81.5 cm³/mol. The summed E-state index contributed by atoms with van der Waals surface area (Å²) in [4.78, 5) is 14.0. The summed E-state index contributed by atoms with van der Waals surface area (Å²) in [5.74, 6) is 0.713. The third kappa shape index (κ3) is 3.29. The van der Waals surface area contributed by atoms with Gasteiger partial charge in [-0.2, -0.15) is 0 Å². The average molecular weight is 270 g/mol. The van der Waals surface area contributed by atoms with Crippen LogP contribution in [0, 0.1) is 0 Å². The van der Waals surface area contributed by atoms with Gasteiger partial charge in [0.05, 0.1) is 7.11 Å². The van der Waals surface area contributed by atoms with Gasteiger partial charge in [0.1, 0.15) is 5.75 Å². The van der Waals surface area contributed by atoms with Gasteiger partial charge in [0.25, 0.3) is 0 Å². The molecular formula is C16H18N2O2. The van der Waals surface area contributed by atoms with Crippen molar-refractivity contribution in [3.63, 3.8) is 0 Å². The molecule has 2 amide bonds. The molecule has 0 fully saturated rings. The fraction of sp³-hybridized carbons (Fsp3) is 0.188. The molecular weight excluding hydrogens is 252 g/mol. The van der Waals surface area contributed by atoms with Crippen molar-refractivity contribution in [1.82, 2.24) is 0 Å². The minimum absolute atomic E-state index is 0.160. The van der Waals surface area contributed by atoms with Crippen LogP contribution in [0.1, 0.15) is 6.92 Å². The number of nitrogens with zero attached hydrogens (tertiary/aromatic N) is 1. The van der Waals surface area contributed by atoms with Crippen LogP contribution in [0.4, 0.5) is 16.2 Å². The Morgan fingerprint density at radius 1 is 1.15 bits per heavy atom. The van der Waals surface area contributed by atoms with Crippen LogP contribution in [-0.4, -0.2) is 19.7 Å². The number of methoxy groups -OCH3 is 1. The molecule has 0 aliphatic rings.